The number of aliphatic imine (C=N–C) groups is 1. The third kappa shape index (κ3) is 3.12. The molecule has 20 heavy (non-hydrogen) atoms. The summed E-state index contributed by atoms with van der Waals surface area (Å²) in [5.41, 5.74) is 4.41. The summed E-state index contributed by atoms with van der Waals surface area (Å²) < 4.78 is 55.8. The number of hydrogen-bond acceptors (Lipinski definition) is 4. The van der Waals surface area contributed by atoms with Crippen molar-refractivity contribution < 1.29 is 22.3 Å². The van der Waals surface area contributed by atoms with Gasteiger partial charge in [-0.2, -0.15) is 13.2 Å². The van der Waals surface area contributed by atoms with E-state index in [-0.39, 0.29) is 12.1 Å². The van der Waals surface area contributed by atoms with E-state index in [0.717, 1.165) is 12.1 Å². The fourth-order valence-corrected chi connectivity index (χ4v) is 1.92. The summed E-state index contributed by atoms with van der Waals surface area (Å²) in [7, 11) is 1.63. The molecule has 0 fully saturated rings. The number of anilines is 1. The molecular weight excluding hydrogens is 278 g/mol. The second-order valence-corrected chi connectivity index (χ2v) is 4.47. The molecule has 1 aliphatic heterocycles. The number of hydrogen-bond donors (Lipinski definition) is 1. The first-order valence-corrected chi connectivity index (χ1v) is 5.81. The normalized spacial score (nSPS) is 18.6. The SMILES string of the molecule is CN(CC1COC(N)=N1)c1ccc(C(F)(F)F)c(F)c1. The summed E-state index contributed by atoms with van der Waals surface area (Å²) in [5.74, 6) is -1.30. The van der Waals surface area contributed by atoms with Gasteiger partial charge in [-0.3, -0.25) is 0 Å². The lowest BCUT2D eigenvalue weighted by Gasteiger charge is -2.21. The molecule has 0 aliphatic carbocycles. The van der Waals surface area contributed by atoms with Gasteiger partial charge >= 0.3 is 6.18 Å². The zero-order chi connectivity index (χ0) is 14.9. The predicted molar refractivity (Wildman–Crippen MR) is 66.0 cm³/mol. The van der Waals surface area contributed by atoms with Gasteiger partial charge in [0.25, 0.3) is 6.02 Å². The van der Waals surface area contributed by atoms with Crippen LogP contribution in [-0.2, 0) is 10.9 Å². The van der Waals surface area contributed by atoms with Crippen molar-refractivity contribution in [1.29, 1.82) is 0 Å². The number of likely N-dealkylation sites (N-methyl/N-ethyl adjacent to an activating group) is 1. The summed E-state index contributed by atoms with van der Waals surface area (Å²) in [6, 6.07) is 2.66. The minimum atomic E-state index is -4.70. The van der Waals surface area contributed by atoms with Crippen LogP contribution in [0.1, 0.15) is 5.56 Å². The van der Waals surface area contributed by atoms with Crippen LogP contribution in [0.2, 0.25) is 0 Å². The monoisotopic (exact) mass is 291 g/mol. The summed E-state index contributed by atoms with van der Waals surface area (Å²) in [5, 5.41) is 0. The van der Waals surface area contributed by atoms with Crippen molar-refractivity contribution in [1.82, 2.24) is 0 Å². The highest BCUT2D eigenvalue weighted by Gasteiger charge is 2.34. The van der Waals surface area contributed by atoms with Gasteiger partial charge in [0.05, 0.1) is 5.56 Å². The van der Waals surface area contributed by atoms with Gasteiger partial charge in [0, 0.05) is 19.3 Å². The Balaban J connectivity index is 2.11. The highest BCUT2D eigenvalue weighted by molar-refractivity contribution is 5.73. The lowest BCUT2D eigenvalue weighted by molar-refractivity contribution is -0.139. The van der Waals surface area contributed by atoms with Crippen molar-refractivity contribution in [3.05, 3.63) is 29.6 Å². The molecule has 1 aromatic rings. The standard InChI is InChI=1S/C12H13F4N3O/c1-19(5-7-6-20-11(17)18-7)8-2-3-9(10(13)4-8)12(14,15)16/h2-4,7H,5-6H2,1H3,(H2,17,18). The summed E-state index contributed by atoms with van der Waals surface area (Å²) in [6.45, 7) is 0.671. The van der Waals surface area contributed by atoms with Crippen molar-refractivity contribution in [2.24, 2.45) is 10.7 Å². The number of amidine groups is 1. The largest absolute Gasteiger partial charge is 0.463 e. The average Bonchev–Trinajstić information content (AvgIpc) is 2.73. The Bertz CT molecular complexity index is 530. The van der Waals surface area contributed by atoms with E-state index in [1.54, 1.807) is 11.9 Å². The van der Waals surface area contributed by atoms with Crippen molar-refractivity contribution in [3.8, 4) is 0 Å². The van der Waals surface area contributed by atoms with E-state index in [9.17, 15) is 17.6 Å². The Kier molecular flexibility index (Phi) is 3.74. The highest BCUT2D eigenvalue weighted by atomic mass is 19.4. The first-order chi connectivity index (χ1) is 9.27. The van der Waals surface area contributed by atoms with Gasteiger partial charge in [0.2, 0.25) is 0 Å². The van der Waals surface area contributed by atoms with E-state index >= 15 is 0 Å². The Morgan fingerprint density at radius 2 is 2.15 bits per heavy atom. The Morgan fingerprint density at radius 1 is 1.45 bits per heavy atom. The number of ether oxygens (including phenoxy) is 1. The predicted octanol–water partition coefficient (Wildman–Crippen LogP) is 1.99. The van der Waals surface area contributed by atoms with Crippen molar-refractivity contribution in [2.45, 2.75) is 12.2 Å². The van der Waals surface area contributed by atoms with Gasteiger partial charge in [0.15, 0.2) is 0 Å². The van der Waals surface area contributed by atoms with Crippen LogP contribution in [0.3, 0.4) is 0 Å². The minimum absolute atomic E-state index is 0.0852. The number of rotatable bonds is 3. The first kappa shape index (κ1) is 14.4. The van der Waals surface area contributed by atoms with E-state index < -0.39 is 17.6 Å². The molecule has 1 aliphatic rings. The van der Waals surface area contributed by atoms with Gasteiger partial charge in [-0.15, -0.1) is 0 Å². The third-order valence-corrected chi connectivity index (χ3v) is 2.92. The second kappa shape index (κ2) is 5.18. The number of benzene rings is 1. The fraction of sp³-hybridized carbons (Fsp3) is 0.417. The van der Waals surface area contributed by atoms with Gasteiger partial charge in [-0.25, -0.2) is 9.38 Å². The lowest BCUT2D eigenvalue weighted by atomic mass is 10.1. The number of alkyl halides is 3. The number of nitrogens with two attached hydrogens (primary N) is 1. The Hall–Kier alpha value is -1.99. The van der Waals surface area contributed by atoms with E-state index in [2.05, 4.69) is 4.99 Å². The first-order valence-electron chi connectivity index (χ1n) is 5.81. The molecule has 8 heteroatoms. The van der Waals surface area contributed by atoms with Crippen LogP contribution >= 0.6 is 0 Å². The maximum Gasteiger partial charge on any atom is 0.419 e. The van der Waals surface area contributed by atoms with Crippen LogP contribution in [0.4, 0.5) is 23.2 Å². The molecule has 110 valence electrons. The average molecular weight is 291 g/mol. The van der Waals surface area contributed by atoms with Crippen LogP contribution in [0.25, 0.3) is 0 Å². The molecule has 2 rings (SSSR count). The van der Waals surface area contributed by atoms with Gasteiger partial charge < -0.3 is 15.4 Å². The molecular formula is C12H13F4N3O. The van der Waals surface area contributed by atoms with Crippen molar-refractivity contribution in [3.63, 3.8) is 0 Å². The molecule has 2 N–H and O–H groups in total. The van der Waals surface area contributed by atoms with Crippen LogP contribution < -0.4 is 10.6 Å². The molecule has 1 unspecified atom stereocenters. The molecule has 4 nitrogen and oxygen atoms in total. The molecule has 1 aromatic carbocycles. The van der Waals surface area contributed by atoms with Crippen molar-refractivity contribution >= 4 is 11.7 Å². The quantitative estimate of drug-likeness (QED) is 0.867. The number of halogens is 4. The van der Waals surface area contributed by atoms with E-state index in [1.165, 1.54) is 6.07 Å². The smallest absolute Gasteiger partial charge is 0.419 e. The highest BCUT2D eigenvalue weighted by Crippen LogP contribution is 2.33. The van der Waals surface area contributed by atoms with E-state index in [0.29, 0.717) is 18.8 Å². The minimum Gasteiger partial charge on any atom is -0.463 e. The van der Waals surface area contributed by atoms with Crippen LogP contribution in [-0.4, -0.2) is 32.3 Å². The van der Waals surface area contributed by atoms with Crippen LogP contribution in [0, 0.1) is 5.82 Å². The molecule has 0 spiro atoms. The third-order valence-electron chi connectivity index (χ3n) is 2.92. The van der Waals surface area contributed by atoms with Gasteiger partial charge in [-0.05, 0) is 18.2 Å². The molecule has 1 atom stereocenters. The topological polar surface area (TPSA) is 50.9 Å². The Morgan fingerprint density at radius 3 is 2.65 bits per heavy atom. The van der Waals surface area contributed by atoms with Crippen molar-refractivity contribution in [2.75, 3.05) is 25.1 Å². The number of nitrogens with zero attached hydrogens (tertiary/aromatic N) is 2. The molecule has 1 heterocycles. The molecule has 0 aromatic heterocycles. The molecule has 0 radical (unpaired) electrons. The maximum atomic E-state index is 13.5. The second-order valence-electron chi connectivity index (χ2n) is 4.47. The van der Waals surface area contributed by atoms with Gasteiger partial charge in [-0.1, -0.05) is 0 Å². The summed E-state index contributed by atoms with van der Waals surface area (Å²) in [6.07, 6.45) is -4.70. The molecule has 0 amide bonds. The van der Waals surface area contributed by atoms with Gasteiger partial charge in [0.1, 0.15) is 18.5 Å². The molecule has 0 saturated heterocycles. The van der Waals surface area contributed by atoms with E-state index in [1.807, 2.05) is 0 Å². The van der Waals surface area contributed by atoms with E-state index in [4.69, 9.17) is 10.5 Å². The maximum absolute atomic E-state index is 13.5. The zero-order valence-corrected chi connectivity index (χ0v) is 10.6. The fourth-order valence-electron chi connectivity index (χ4n) is 1.92. The van der Waals surface area contributed by atoms with Crippen LogP contribution in [0.5, 0.6) is 0 Å². The zero-order valence-electron chi connectivity index (χ0n) is 10.6. The molecule has 0 saturated carbocycles. The summed E-state index contributed by atoms with van der Waals surface area (Å²) >= 11 is 0. The Labute approximate surface area is 112 Å². The summed E-state index contributed by atoms with van der Waals surface area (Å²) in [4.78, 5) is 5.59. The van der Waals surface area contributed by atoms with Crippen LogP contribution in [0.15, 0.2) is 23.2 Å². The molecule has 0 bridgehead atoms. The lowest BCUT2D eigenvalue weighted by Crippen LogP contribution is -2.29.